The van der Waals surface area contributed by atoms with Gasteiger partial charge < -0.3 is 15.2 Å². The third-order valence-corrected chi connectivity index (χ3v) is 6.08. The van der Waals surface area contributed by atoms with Crippen LogP contribution in [0, 0.1) is 33.5 Å². The Morgan fingerprint density at radius 1 is 1.11 bits per heavy atom. The summed E-state index contributed by atoms with van der Waals surface area (Å²) in [4.78, 5) is 4.45. The highest BCUT2D eigenvalue weighted by molar-refractivity contribution is 6.31. The third-order valence-electron chi connectivity index (χ3n) is 5.73. The van der Waals surface area contributed by atoms with Crippen molar-refractivity contribution >= 4 is 17.4 Å². The first-order valence-corrected chi connectivity index (χ1v) is 10.1. The van der Waals surface area contributed by atoms with Crippen molar-refractivity contribution in [2.45, 2.75) is 51.4 Å². The molecule has 1 saturated carbocycles. The molecule has 0 aromatic heterocycles. The Morgan fingerprint density at radius 3 is 2.21 bits per heavy atom. The average molecular weight is 401 g/mol. The number of hydrogen-bond acceptors (Lipinski definition) is 6. The molecular weight excluding hydrogens is 376 g/mol. The minimum absolute atomic E-state index is 0.0782. The molecule has 7 heteroatoms. The molecule has 6 nitrogen and oxygen atoms in total. The Bertz CT molecular complexity index is 849. The highest BCUT2D eigenvalue weighted by Crippen LogP contribution is 2.82. The number of benzene rings is 1. The topological polar surface area (TPSA) is 104 Å². The van der Waals surface area contributed by atoms with Crippen LogP contribution in [-0.2, 0) is 9.47 Å². The zero-order chi connectivity index (χ0) is 20.4. The van der Waals surface area contributed by atoms with E-state index in [0.29, 0.717) is 23.8 Å². The molecular formula is C21H25ClN4O2. The molecule has 0 saturated heterocycles. The first-order valence-electron chi connectivity index (χ1n) is 9.72. The van der Waals surface area contributed by atoms with Crippen molar-refractivity contribution in [2.24, 2.45) is 21.6 Å². The summed E-state index contributed by atoms with van der Waals surface area (Å²) in [7, 11) is 0. The van der Waals surface area contributed by atoms with Gasteiger partial charge in [0.1, 0.15) is 11.3 Å². The van der Waals surface area contributed by atoms with Crippen LogP contribution in [0.25, 0.3) is 0 Å². The zero-order valence-corrected chi connectivity index (χ0v) is 17.0. The van der Waals surface area contributed by atoms with Gasteiger partial charge in [-0.2, -0.15) is 10.5 Å². The highest BCUT2D eigenvalue weighted by atomic mass is 35.5. The maximum absolute atomic E-state index is 10.3. The summed E-state index contributed by atoms with van der Waals surface area (Å²) in [5, 5.41) is 20.9. The maximum atomic E-state index is 10.3. The van der Waals surface area contributed by atoms with Crippen LogP contribution in [0.5, 0.6) is 0 Å². The Hall–Kier alpha value is -2.12. The molecule has 148 valence electrons. The predicted octanol–water partition coefficient (Wildman–Crippen LogP) is 4.12. The van der Waals surface area contributed by atoms with E-state index in [4.69, 9.17) is 26.8 Å². The maximum Gasteiger partial charge on any atom is 0.293 e. The van der Waals surface area contributed by atoms with Crippen LogP contribution in [0.15, 0.2) is 29.3 Å². The number of nitrogens with two attached hydrogens (primary N) is 1. The van der Waals surface area contributed by atoms with Gasteiger partial charge in [-0.1, -0.05) is 56.5 Å². The van der Waals surface area contributed by atoms with Gasteiger partial charge in [-0.25, -0.2) is 4.99 Å². The van der Waals surface area contributed by atoms with Crippen molar-refractivity contribution < 1.29 is 9.47 Å². The minimum atomic E-state index is -1.60. The van der Waals surface area contributed by atoms with E-state index in [1.54, 1.807) is 6.07 Å². The number of aliphatic imine (C=N–C) groups is 1. The number of unbranched alkanes of at least 4 members (excludes halogenated alkanes) is 2. The fourth-order valence-corrected chi connectivity index (χ4v) is 4.49. The van der Waals surface area contributed by atoms with Crippen LogP contribution < -0.4 is 5.73 Å². The van der Waals surface area contributed by atoms with Crippen molar-refractivity contribution in [2.75, 3.05) is 13.2 Å². The number of nitrogens with zero attached hydrogens (tertiary/aromatic N) is 3. The molecule has 1 heterocycles. The molecule has 2 aliphatic rings. The van der Waals surface area contributed by atoms with Crippen LogP contribution in [-0.4, -0.2) is 25.0 Å². The smallest absolute Gasteiger partial charge is 0.293 e. The molecule has 0 amide bonds. The summed E-state index contributed by atoms with van der Waals surface area (Å²) in [6.45, 7) is 4.81. The Balaban J connectivity index is 2.12. The Labute approximate surface area is 170 Å². The van der Waals surface area contributed by atoms with E-state index in [-0.39, 0.29) is 5.84 Å². The molecule has 3 unspecified atom stereocenters. The van der Waals surface area contributed by atoms with Gasteiger partial charge in [0.05, 0.1) is 25.4 Å². The number of ether oxygens (including phenoxy) is 2. The summed E-state index contributed by atoms with van der Waals surface area (Å²) in [6.07, 6.45) is 3.40. The molecule has 2 N–H and O–H groups in total. The highest BCUT2D eigenvalue weighted by Gasteiger charge is 2.94. The summed E-state index contributed by atoms with van der Waals surface area (Å²) >= 11 is 6.42. The molecule has 1 fully saturated rings. The van der Waals surface area contributed by atoms with Crippen LogP contribution in [0.3, 0.4) is 0 Å². The monoisotopic (exact) mass is 400 g/mol. The van der Waals surface area contributed by atoms with E-state index in [1.165, 1.54) is 0 Å². The van der Waals surface area contributed by atoms with Gasteiger partial charge in [-0.15, -0.1) is 0 Å². The molecule has 0 radical (unpaired) electrons. The van der Waals surface area contributed by atoms with E-state index >= 15 is 0 Å². The molecule has 0 bridgehead atoms. The van der Waals surface area contributed by atoms with Crippen LogP contribution in [0.1, 0.15) is 51.0 Å². The van der Waals surface area contributed by atoms with Gasteiger partial charge >= 0.3 is 0 Å². The van der Waals surface area contributed by atoms with Gasteiger partial charge in [-0.05, 0) is 24.5 Å². The second-order valence-corrected chi connectivity index (χ2v) is 7.68. The van der Waals surface area contributed by atoms with E-state index in [0.717, 1.165) is 25.7 Å². The van der Waals surface area contributed by atoms with E-state index in [9.17, 15) is 10.5 Å². The lowest BCUT2D eigenvalue weighted by Crippen LogP contribution is -2.44. The van der Waals surface area contributed by atoms with Crippen LogP contribution in [0.2, 0.25) is 5.02 Å². The zero-order valence-electron chi connectivity index (χ0n) is 16.2. The molecule has 28 heavy (non-hydrogen) atoms. The van der Waals surface area contributed by atoms with E-state index < -0.39 is 22.7 Å². The lowest BCUT2D eigenvalue weighted by Gasteiger charge is -2.32. The summed E-state index contributed by atoms with van der Waals surface area (Å²) in [5.41, 5.74) is 4.26. The molecule has 1 aromatic carbocycles. The van der Waals surface area contributed by atoms with Crippen molar-refractivity contribution in [3.63, 3.8) is 0 Å². The first-order chi connectivity index (χ1) is 13.5. The molecule has 1 aliphatic carbocycles. The Morgan fingerprint density at radius 2 is 1.71 bits per heavy atom. The molecule has 3 atom stereocenters. The van der Waals surface area contributed by atoms with Crippen molar-refractivity contribution in [3.05, 3.63) is 34.9 Å². The SMILES string of the molecule is CCCCOC1(OCCCC)N=C(N)C2(C#N)C(c3ccccc3Cl)C12C#N. The van der Waals surface area contributed by atoms with Gasteiger partial charge in [0.25, 0.3) is 5.91 Å². The Kier molecular flexibility index (Phi) is 5.68. The largest absolute Gasteiger partial charge is 0.386 e. The van der Waals surface area contributed by atoms with Crippen molar-refractivity contribution in [1.82, 2.24) is 0 Å². The second kappa shape index (κ2) is 7.72. The molecule has 0 spiro atoms. The summed E-state index contributed by atoms with van der Waals surface area (Å²) in [5.74, 6) is -2.09. The van der Waals surface area contributed by atoms with Gasteiger partial charge in [0, 0.05) is 10.9 Å². The minimum Gasteiger partial charge on any atom is -0.386 e. The third kappa shape index (κ3) is 2.56. The molecule has 3 rings (SSSR count). The predicted molar refractivity (Wildman–Crippen MR) is 106 cm³/mol. The fourth-order valence-electron chi connectivity index (χ4n) is 4.24. The van der Waals surface area contributed by atoms with Gasteiger partial charge in [0.15, 0.2) is 5.41 Å². The standard InChI is InChI=1S/C21H25ClN4O2/c1-3-5-11-27-21(28-12-6-4-2)20(14-24)17(15-9-7-8-10-16(15)22)19(20,13-23)18(25)26-21/h7-10,17H,3-6,11-12H2,1-2H3,(H2,25,26). The lowest BCUT2D eigenvalue weighted by atomic mass is 9.93. The van der Waals surface area contributed by atoms with Crippen LogP contribution >= 0.6 is 11.6 Å². The van der Waals surface area contributed by atoms with Crippen molar-refractivity contribution in [1.29, 1.82) is 10.5 Å². The van der Waals surface area contributed by atoms with E-state index in [2.05, 4.69) is 17.1 Å². The first kappa shape index (κ1) is 20.6. The molecule has 1 aliphatic heterocycles. The number of fused-ring (bicyclic) bond motifs is 1. The summed E-state index contributed by atoms with van der Waals surface area (Å²) in [6, 6.07) is 11.8. The lowest BCUT2D eigenvalue weighted by molar-refractivity contribution is -0.260. The average Bonchev–Trinajstić information content (AvgIpc) is 3.26. The number of amidine groups is 1. The molecule has 1 aromatic rings. The number of rotatable bonds is 9. The van der Waals surface area contributed by atoms with E-state index in [1.807, 2.05) is 32.0 Å². The fraction of sp³-hybridized carbons (Fsp3) is 0.571. The normalized spacial score (nSPS) is 29.5. The second-order valence-electron chi connectivity index (χ2n) is 7.28. The quantitative estimate of drug-likeness (QED) is 0.496. The van der Waals surface area contributed by atoms with Crippen LogP contribution in [0.4, 0.5) is 0 Å². The van der Waals surface area contributed by atoms with Crippen molar-refractivity contribution in [3.8, 4) is 12.1 Å². The summed E-state index contributed by atoms with van der Waals surface area (Å²) < 4.78 is 12.2. The van der Waals surface area contributed by atoms with Gasteiger partial charge in [0.2, 0.25) is 0 Å². The number of halogens is 1. The number of hydrogen-bond donors (Lipinski definition) is 1. The number of nitriles is 2. The van der Waals surface area contributed by atoms with Gasteiger partial charge in [-0.3, -0.25) is 0 Å².